The highest BCUT2D eigenvalue weighted by atomic mass is 32.1. The first-order valence-electron chi connectivity index (χ1n) is 10.2. The van der Waals surface area contributed by atoms with Crippen LogP contribution < -0.4 is 15.7 Å². The van der Waals surface area contributed by atoms with E-state index >= 15 is 0 Å². The molecule has 0 saturated heterocycles. The average molecular weight is 456 g/mol. The van der Waals surface area contributed by atoms with Crippen molar-refractivity contribution in [2.24, 2.45) is 5.92 Å². The standard InChI is InChI=1S/C23H25N3O3S2/c1-13(2)11-29-18-9-24-15(8-17(18)27)10-26-21(14(3)4)25-22-20(23(26)28)16(12-31-22)19-6-5-7-30-19/h5-9,12-14H,10-11H2,1-4H3,(H,24,27). The number of aromatic nitrogens is 3. The van der Waals surface area contributed by atoms with Gasteiger partial charge in [-0.1, -0.05) is 33.8 Å². The summed E-state index contributed by atoms with van der Waals surface area (Å²) in [6, 6.07) is 5.50. The average Bonchev–Trinajstić information content (AvgIpc) is 3.38. The van der Waals surface area contributed by atoms with Crippen LogP contribution in [-0.2, 0) is 6.54 Å². The summed E-state index contributed by atoms with van der Waals surface area (Å²) in [5.74, 6) is 1.38. The fourth-order valence-electron chi connectivity index (χ4n) is 3.38. The molecule has 0 aliphatic heterocycles. The molecule has 0 bridgehead atoms. The molecular formula is C23H25N3O3S2. The Hall–Kier alpha value is -2.71. The van der Waals surface area contributed by atoms with Crippen LogP contribution in [0.2, 0.25) is 0 Å². The van der Waals surface area contributed by atoms with Gasteiger partial charge in [-0.25, -0.2) is 4.98 Å². The van der Waals surface area contributed by atoms with Crippen molar-refractivity contribution in [2.75, 3.05) is 6.61 Å². The van der Waals surface area contributed by atoms with Crippen molar-refractivity contribution < 1.29 is 4.74 Å². The summed E-state index contributed by atoms with van der Waals surface area (Å²) in [5.41, 5.74) is 1.28. The molecule has 0 aromatic carbocycles. The lowest BCUT2D eigenvalue weighted by atomic mass is 10.1. The van der Waals surface area contributed by atoms with E-state index in [0.29, 0.717) is 35.2 Å². The lowest BCUT2D eigenvalue weighted by Gasteiger charge is -2.15. The van der Waals surface area contributed by atoms with Crippen molar-refractivity contribution in [3.05, 3.63) is 67.3 Å². The number of fused-ring (bicyclic) bond motifs is 1. The van der Waals surface area contributed by atoms with E-state index in [1.807, 2.05) is 50.6 Å². The second kappa shape index (κ2) is 8.80. The van der Waals surface area contributed by atoms with Crippen molar-refractivity contribution in [2.45, 2.75) is 40.2 Å². The molecule has 4 heterocycles. The molecule has 0 atom stereocenters. The summed E-state index contributed by atoms with van der Waals surface area (Å²) in [5, 5.41) is 4.64. The molecule has 0 aliphatic rings. The topological polar surface area (TPSA) is 77.0 Å². The van der Waals surface area contributed by atoms with Crippen molar-refractivity contribution in [3.63, 3.8) is 0 Å². The van der Waals surface area contributed by atoms with Crippen LogP contribution in [0.1, 0.15) is 45.1 Å². The highest BCUT2D eigenvalue weighted by Gasteiger charge is 2.19. The molecule has 0 amide bonds. The number of hydrogen-bond acceptors (Lipinski definition) is 6. The Morgan fingerprint density at radius 2 is 2.00 bits per heavy atom. The Kier molecular flexibility index (Phi) is 6.11. The predicted octanol–water partition coefficient (Wildman–Crippen LogP) is 5.08. The summed E-state index contributed by atoms with van der Waals surface area (Å²) in [7, 11) is 0. The Labute approximate surface area is 188 Å². The third kappa shape index (κ3) is 4.36. The highest BCUT2D eigenvalue weighted by molar-refractivity contribution is 7.18. The summed E-state index contributed by atoms with van der Waals surface area (Å²) in [6.07, 6.45) is 1.58. The molecular weight excluding hydrogens is 430 g/mol. The molecule has 0 saturated carbocycles. The minimum Gasteiger partial charge on any atom is -0.488 e. The monoisotopic (exact) mass is 455 g/mol. The normalized spacial score (nSPS) is 11.7. The zero-order valence-corrected chi connectivity index (χ0v) is 19.6. The molecule has 4 aromatic heterocycles. The maximum atomic E-state index is 13.6. The number of hydrogen-bond donors (Lipinski definition) is 1. The van der Waals surface area contributed by atoms with Crippen LogP contribution in [0.5, 0.6) is 5.75 Å². The maximum absolute atomic E-state index is 13.6. The first-order valence-corrected chi connectivity index (χ1v) is 12.0. The zero-order valence-electron chi connectivity index (χ0n) is 18.0. The molecule has 162 valence electrons. The van der Waals surface area contributed by atoms with E-state index in [9.17, 15) is 9.59 Å². The molecule has 0 radical (unpaired) electrons. The van der Waals surface area contributed by atoms with Crippen molar-refractivity contribution in [1.29, 1.82) is 0 Å². The zero-order chi connectivity index (χ0) is 22.1. The number of thiophene rings is 2. The molecule has 4 rings (SSSR count). The third-order valence-corrected chi connectivity index (χ3v) is 6.64. The van der Waals surface area contributed by atoms with Gasteiger partial charge in [-0.15, -0.1) is 22.7 Å². The van der Waals surface area contributed by atoms with Crippen molar-refractivity contribution in [1.82, 2.24) is 14.5 Å². The van der Waals surface area contributed by atoms with E-state index < -0.39 is 0 Å². The smallest absolute Gasteiger partial charge is 0.263 e. The second-order valence-electron chi connectivity index (χ2n) is 8.21. The fraction of sp³-hybridized carbons (Fsp3) is 0.348. The number of nitrogens with zero attached hydrogens (tertiary/aromatic N) is 2. The lowest BCUT2D eigenvalue weighted by Crippen LogP contribution is -2.27. The number of pyridine rings is 1. The molecule has 0 spiro atoms. The summed E-state index contributed by atoms with van der Waals surface area (Å²) >= 11 is 3.10. The van der Waals surface area contributed by atoms with E-state index in [2.05, 4.69) is 4.98 Å². The molecule has 0 aliphatic carbocycles. The van der Waals surface area contributed by atoms with E-state index in [1.54, 1.807) is 22.1 Å². The van der Waals surface area contributed by atoms with E-state index in [-0.39, 0.29) is 23.5 Å². The van der Waals surface area contributed by atoms with E-state index in [0.717, 1.165) is 15.3 Å². The van der Waals surface area contributed by atoms with Gasteiger partial charge in [0.1, 0.15) is 10.7 Å². The van der Waals surface area contributed by atoms with Gasteiger partial charge < -0.3 is 9.72 Å². The van der Waals surface area contributed by atoms with Gasteiger partial charge in [0.05, 0.1) is 18.5 Å². The van der Waals surface area contributed by atoms with Crippen LogP contribution in [-0.4, -0.2) is 21.1 Å². The van der Waals surface area contributed by atoms with Gasteiger partial charge in [-0.05, 0) is 17.4 Å². The number of rotatable bonds is 7. The quantitative estimate of drug-likeness (QED) is 0.421. The number of ether oxygens (including phenoxy) is 1. The number of nitrogens with one attached hydrogen (secondary N) is 1. The van der Waals surface area contributed by atoms with E-state index in [4.69, 9.17) is 9.72 Å². The second-order valence-corrected chi connectivity index (χ2v) is 10.0. The molecule has 8 heteroatoms. The number of aromatic amines is 1. The highest BCUT2D eigenvalue weighted by Crippen LogP contribution is 2.34. The Bertz CT molecular complexity index is 1310. The molecule has 4 aromatic rings. The van der Waals surface area contributed by atoms with Crippen molar-refractivity contribution in [3.8, 4) is 16.2 Å². The van der Waals surface area contributed by atoms with Crippen LogP contribution in [0, 0.1) is 5.92 Å². The van der Waals surface area contributed by atoms with Crippen LogP contribution in [0.15, 0.2) is 44.7 Å². The van der Waals surface area contributed by atoms with Gasteiger partial charge in [0.15, 0.2) is 5.75 Å². The Morgan fingerprint density at radius 1 is 1.19 bits per heavy atom. The minimum atomic E-state index is -0.197. The fourth-order valence-corrected chi connectivity index (χ4v) is 5.14. The van der Waals surface area contributed by atoms with Crippen LogP contribution in [0.4, 0.5) is 0 Å². The Morgan fingerprint density at radius 3 is 2.65 bits per heavy atom. The third-order valence-electron chi connectivity index (χ3n) is 4.86. The lowest BCUT2D eigenvalue weighted by molar-refractivity contribution is 0.267. The van der Waals surface area contributed by atoms with Gasteiger partial charge >= 0.3 is 0 Å². The molecule has 1 N–H and O–H groups in total. The molecule has 0 fully saturated rings. The first kappa shape index (κ1) is 21.5. The van der Waals surface area contributed by atoms with Crippen LogP contribution in [0.25, 0.3) is 20.7 Å². The van der Waals surface area contributed by atoms with Crippen molar-refractivity contribution >= 4 is 32.9 Å². The van der Waals surface area contributed by atoms with Gasteiger partial charge in [0, 0.05) is 39.7 Å². The Balaban J connectivity index is 1.78. The summed E-state index contributed by atoms with van der Waals surface area (Å²) in [6.45, 7) is 8.81. The largest absolute Gasteiger partial charge is 0.488 e. The SMILES string of the molecule is CC(C)COc1c[nH]c(Cn2c(C(C)C)nc3scc(-c4cccs4)c3c2=O)cc1=O. The summed E-state index contributed by atoms with van der Waals surface area (Å²) < 4.78 is 7.25. The predicted molar refractivity (Wildman–Crippen MR) is 128 cm³/mol. The van der Waals surface area contributed by atoms with Gasteiger partial charge in [-0.3, -0.25) is 14.2 Å². The molecule has 31 heavy (non-hydrogen) atoms. The minimum absolute atomic E-state index is 0.0600. The maximum Gasteiger partial charge on any atom is 0.263 e. The van der Waals surface area contributed by atoms with Gasteiger partial charge in [0.25, 0.3) is 5.56 Å². The number of H-pyrrole nitrogens is 1. The van der Waals surface area contributed by atoms with E-state index in [1.165, 1.54) is 17.4 Å². The van der Waals surface area contributed by atoms with Crippen LogP contribution >= 0.6 is 22.7 Å². The first-order chi connectivity index (χ1) is 14.8. The molecule has 0 unspecified atom stereocenters. The van der Waals surface area contributed by atoms with Crippen LogP contribution in [0.3, 0.4) is 0 Å². The van der Waals surface area contributed by atoms with Gasteiger partial charge in [0.2, 0.25) is 5.43 Å². The summed E-state index contributed by atoms with van der Waals surface area (Å²) in [4.78, 5) is 35.8. The van der Waals surface area contributed by atoms with Gasteiger partial charge in [-0.2, -0.15) is 0 Å². The molecule has 6 nitrogen and oxygen atoms in total.